The van der Waals surface area contributed by atoms with Gasteiger partial charge in [0.1, 0.15) is 11.6 Å². The van der Waals surface area contributed by atoms with Crippen LogP contribution in [0.15, 0.2) is 24.3 Å². The quantitative estimate of drug-likeness (QED) is 0.912. The fourth-order valence-corrected chi connectivity index (χ4v) is 2.72. The number of aryl methyl sites for hydroxylation is 1. The van der Waals surface area contributed by atoms with Gasteiger partial charge in [0, 0.05) is 12.3 Å². The van der Waals surface area contributed by atoms with E-state index in [0.29, 0.717) is 11.9 Å². The van der Waals surface area contributed by atoms with Gasteiger partial charge in [0.2, 0.25) is 5.95 Å². The number of anilines is 1. The third-order valence-corrected chi connectivity index (χ3v) is 3.61. The standard InChI is InChI=1S/C15H18N4/c1-2-5-13-17-14(19-15(16)18-13)12-8-10-6-3-4-7-11(10)9-12/h3-4,6-7,12H,2,5,8-9H2,1H3,(H2,16,17,18,19). The Morgan fingerprint density at radius 2 is 1.79 bits per heavy atom. The van der Waals surface area contributed by atoms with Crippen molar-refractivity contribution in [2.45, 2.75) is 38.5 Å². The first kappa shape index (κ1) is 12.1. The lowest BCUT2D eigenvalue weighted by Crippen LogP contribution is -2.11. The van der Waals surface area contributed by atoms with Gasteiger partial charge in [-0.15, -0.1) is 0 Å². The molecule has 0 bridgehead atoms. The summed E-state index contributed by atoms with van der Waals surface area (Å²) in [7, 11) is 0. The zero-order chi connectivity index (χ0) is 13.2. The molecule has 0 aliphatic heterocycles. The van der Waals surface area contributed by atoms with Crippen molar-refractivity contribution in [2.24, 2.45) is 0 Å². The molecule has 1 aliphatic rings. The van der Waals surface area contributed by atoms with Crippen LogP contribution in [0.1, 0.15) is 42.0 Å². The Bertz CT molecular complexity index is 569. The zero-order valence-electron chi connectivity index (χ0n) is 11.1. The summed E-state index contributed by atoms with van der Waals surface area (Å²) in [6.45, 7) is 2.12. The average Bonchev–Trinajstić information content (AvgIpc) is 2.82. The highest BCUT2D eigenvalue weighted by Crippen LogP contribution is 2.32. The lowest BCUT2D eigenvalue weighted by Gasteiger charge is -2.09. The Kier molecular flexibility index (Phi) is 3.15. The van der Waals surface area contributed by atoms with Gasteiger partial charge in [-0.05, 0) is 30.4 Å². The molecule has 4 nitrogen and oxygen atoms in total. The molecule has 3 rings (SSSR count). The molecule has 0 amide bonds. The fourth-order valence-electron chi connectivity index (χ4n) is 2.72. The largest absolute Gasteiger partial charge is 0.368 e. The molecule has 2 N–H and O–H groups in total. The summed E-state index contributed by atoms with van der Waals surface area (Å²) < 4.78 is 0. The van der Waals surface area contributed by atoms with E-state index in [9.17, 15) is 0 Å². The van der Waals surface area contributed by atoms with Crippen molar-refractivity contribution >= 4 is 5.95 Å². The van der Waals surface area contributed by atoms with E-state index in [2.05, 4.69) is 46.1 Å². The predicted octanol–water partition coefficient (Wildman–Crippen LogP) is 2.29. The number of aromatic nitrogens is 3. The van der Waals surface area contributed by atoms with E-state index in [1.54, 1.807) is 0 Å². The van der Waals surface area contributed by atoms with Crippen LogP contribution in [0.3, 0.4) is 0 Å². The van der Waals surface area contributed by atoms with Crippen molar-refractivity contribution in [3.05, 3.63) is 47.0 Å². The molecule has 1 aromatic carbocycles. The van der Waals surface area contributed by atoms with Gasteiger partial charge in [0.05, 0.1) is 0 Å². The van der Waals surface area contributed by atoms with Crippen LogP contribution < -0.4 is 5.73 Å². The van der Waals surface area contributed by atoms with Gasteiger partial charge in [-0.3, -0.25) is 0 Å². The molecule has 98 valence electrons. The van der Waals surface area contributed by atoms with Crippen LogP contribution in [0.25, 0.3) is 0 Å². The van der Waals surface area contributed by atoms with E-state index in [1.165, 1.54) is 11.1 Å². The Morgan fingerprint density at radius 1 is 1.11 bits per heavy atom. The molecule has 0 unspecified atom stereocenters. The van der Waals surface area contributed by atoms with Crippen molar-refractivity contribution in [1.82, 2.24) is 15.0 Å². The highest BCUT2D eigenvalue weighted by Gasteiger charge is 2.25. The first-order chi connectivity index (χ1) is 9.26. The molecule has 0 atom stereocenters. The second kappa shape index (κ2) is 4.96. The Labute approximate surface area is 113 Å². The van der Waals surface area contributed by atoms with Crippen LogP contribution >= 0.6 is 0 Å². The van der Waals surface area contributed by atoms with Crippen LogP contribution in [0.4, 0.5) is 5.95 Å². The van der Waals surface area contributed by atoms with Crippen LogP contribution in [0, 0.1) is 0 Å². The minimum Gasteiger partial charge on any atom is -0.368 e. The first-order valence-electron chi connectivity index (χ1n) is 6.83. The van der Waals surface area contributed by atoms with Gasteiger partial charge in [0.25, 0.3) is 0 Å². The number of nitrogens with zero attached hydrogens (tertiary/aromatic N) is 3. The van der Waals surface area contributed by atoms with E-state index in [1.807, 2.05) is 0 Å². The van der Waals surface area contributed by atoms with E-state index >= 15 is 0 Å². The maximum Gasteiger partial charge on any atom is 0.223 e. The summed E-state index contributed by atoms with van der Waals surface area (Å²) in [5, 5.41) is 0. The summed E-state index contributed by atoms with van der Waals surface area (Å²) in [6, 6.07) is 8.55. The normalized spacial score (nSPS) is 14.6. The van der Waals surface area contributed by atoms with Crippen molar-refractivity contribution in [2.75, 3.05) is 5.73 Å². The van der Waals surface area contributed by atoms with Crippen LogP contribution in [-0.2, 0) is 19.3 Å². The predicted molar refractivity (Wildman–Crippen MR) is 74.8 cm³/mol. The molecule has 0 saturated heterocycles. The maximum absolute atomic E-state index is 5.80. The topological polar surface area (TPSA) is 64.7 Å². The molecule has 0 radical (unpaired) electrons. The van der Waals surface area contributed by atoms with E-state index in [4.69, 9.17) is 5.73 Å². The summed E-state index contributed by atoms with van der Waals surface area (Å²) in [5.41, 5.74) is 8.61. The number of fused-ring (bicyclic) bond motifs is 1. The lowest BCUT2D eigenvalue weighted by molar-refractivity contribution is 0.660. The Balaban J connectivity index is 1.88. The summed E-state index contributed by atoms with van der Waals surface area (Å²) in [4.78, 5) is 13.1. The SMILES string of the molecule is CCCc1nc(N)nc(C2Cc3ccccc3C2)n1. The monoisotopic (exact) mass is 254 g/mol. The smallest absolute Gasteiger partial charge is 0.223 e. The minimum atomic E-state index is 0.346. The molecular formula is C15H18N4. The molecule has 0 fully saturated rings. The second-order valence-electron chi connectivity index (χ2n) is 5.09. The Hall–Kier alpha value is -1.97. The van der Waals surface area contributed by atoms with Gasteiger partial charge < -0.3 is 5.73 Å². The molecule has 0 saturated carbocycles. The molecule has 1 aromatic heterocycles. The molecule has 19 heavy (non-hydrogen) atoms. The van der Waals surface area contributed by atoms with E-state index < -0.39 is 0 Å². The molecule has 1 heterocycles. The fraction of sp³-hybridized carbons (Fsp3) is 0.400. The highest BCUT2D eigenvalue weighted by molar-refractivity contribution is 5.35. The van der Waals surface area contributed by atoms with Crippen LogP contribution in [0.2, 0.25) is 0 Å². The first-order valence-corrected chi connectivity index (χ1v) is 6.83. The zero-order valence-corrected chi connectivity index (χ0v) is 11.1. The Morgan fingerprint density at radius 3 is 2.42 bits per heavy atom. The van der Waals surface area contributed by atoms with Crippen molar-refractivity contribution < 1.29 is 0 Å². The number of hydrogen-bond acceptors (Lipinski definition) is 4. The number of benzene rings is 1. The second-order valence-corrected chi connectivity index (χ2v) is 5.09. The van der Waals surface area contributed by atoms with Crippen LogP contribution in [0.5, 0.6) is 0 Å². The number of nitrogens with two attached hydrogens (primary N) is 1. The summed E-state index contributed by atoms with van der Waals surface area (Å²) in [5.74, 6) is 2.37. The van der Waals surface area contributed by atoms with Gasteiger partial charge in [0.15, 0.2) is 0 Å². The van der Waals surface area contributed by atoms with Gasteiger partial charge >= 0.3 is 0 Å². The number of hydrogen-bond donors (Lipinski definition) is 1. The van der Waals surface area contributed by atoms with E-state index in [-0.39, 0.29) is 0 Å². The average molecular weight is 254 g/mol. The van der Waals surface area contributed by atoms with Crippen molar-refractivity contribution in [3.8, 4) is 0 Å². The van der Waals surface area contributed by atoms with E-state index in [0.717, 1.165) is 37.3 Å². The van der Waals surface area contributed by atoms with Crippen LogP contribution in [-0.4, -0.2) is 15.0 Å². The summed E-state index contributed by atoms with van der Waals surface area (Å²) >= 11 is 0. The third kappa shape index (κ3) is 2.43. The van der Waals surface area contributed by atoms with Gasteiger partial charge in [-0.1, -0.05) is 31.2 Å². The molecule has 4 heteroatoms. The van der Waals surface area contributed by atoms with Crippen molar-refractivity contribution in [3.63, 3.8) is 0 Å². The molecular weight excluding hydrogens is 236 g/mol. The summed E-state index contributed by atoms with van der Waals surface area (Å²) in [6.07, 6.45) is 3.89. The molecule has 2 aromatic rings. The minimum absolute atomic E-state index is 0.346. The number of nitrogen functional groups attached to an aromatic ring is 1. The van der Waals surface area contributed by atoms with Gasteiger partial charge in [-0.2, -0.15) is 9.97 Å². The van der Waals surface area contributed by atoms with Crippen molar-refractivity contribution in [1.29, 1.82) is 0 Å². The third-order valence-electron chi connectivity index (χ3n) is 3.61. The number of rotatable bonds is 3. The molecule has 0 spiro atoms. The lowest BCUT2D eigenvalue weighted by atomic mass is 10.1. The highest BCUT2D eigenvalue weighted by atomic mass is 15.1. The molecule has 1 aliphatic carbocycles. The van der Waals surface area contributed by atoms with Gasteiger partial charge in [-0.25, -0.2) is 4.98 Å². The maximum atomic E-state index is 5.80.